The van der Waals surface area contributed by atoms with Gasteiger partial charge in [0.05, 0.1) is 0 Å². The van der Waals surface area contributed by atoms with Crippen molar-refractivity contribution in [3.63, 3.8) is 0 Å². The summed E-state index contributed by atoms with van der Waals surface area (Å²) in [5.74, 6) is -2.10. The van der Waals surface area contributed by atoms with E-state index in [1.807, 2.05) is 30.3 Å². The molecule has 0 bridgehead atoms. The third kappa shape index (κ3) is 10.9. The Labute approximate surface area is 303 Å². The number of carbonyl (C=O) groups excluding carboxylic acids is 1. The molecule has 0 saturated heterocycles. The molecule has 0 aromatic heterocycles. The Hall–Kier alpha value is -2.73. The molecular formula is C44H63F3O2S. The quantitative estimate of drug-likeness (QED) is 0.104. The second kappa shape index (κ2) is 21.0. The van der Waals surface area contributed by atoms with Gasteiger partial charge in [-0.3, -0.25) is 0 Å². The second-order valence-corrected chi connectivity index (χ2v) is 16.4. The predicted molar refractivity (Wildman–Crippen MR) is 206 cm³/mol. The molecule has 3 rings (SSSR count). The van der Waals surface area contributed by atoms with Gasteiger partial charge in [-0.2, -0.15) is 13.2 Å². The molecule has 50 heavy (non-hydrogen) atoms. The topological polar surface area (TPSA) is 26.3 Å². The van der Waals surface area contributed by atoms with E-state index < -0.39 is 22.5 Å². The highest BCUT2D eigenvalue weighted by atomic mass is 32.3. The standard InChI is InChI=1S/C44H63F3O2S/c1-7-13-22-34-30-36(24-15-9-3)41(37(31-34)25-16-10-4)50(40-28-20-19-21-29-40,49-43(48)44(45,46)47)42-38(26-17-11-5)32-35(23-14-8-2)33-39(42)27-18-12-6/h19-21,28-33H,7-18,22-27H2,1-6H3. The van der Waals surface area contributed by atoms with E-state index in [4.69, 9.17) is 4.18 Å². The normalized spacial score (nSPS) is 12.3. The molecule has 0 atom stereocenters. The van der Waals surface area contributed by atoms with E-state index in [2.05, 4.69) is 65.8 Å². The fourth-order valence-corrected chi connectivity index (χ4v) is 10.8. The summed E-state index contributed by atoms with van der Waals surface area (Å²) in [5.41, 5.74) is 6.61. The molecule has 0 aliphatic rings. The minimum absolute atomic E-state index is 0.659. The molecule has 0 aliphatic carbocycles. The second-order valence-electron chi connectivity index (χ2n) is 13.8. The fraction of sp³-hybridized carbons (Fsp3) is 0.568. The van der Waals surface area contributed by atoms with Crippen molar-refractivity contribution in [2.45, 2.75) is 178 Å². The first-order chi connectivity index (χ1) is 24.1. The first-order valence-electron chi connectivity index (χ1n) is 19.6. The summed E-state index contributed by atoms with van der Waals surface area (Å²) in [7, 11) is -3.20. The van der Waals surface area contributed by atoms with Gasteiger partial charge in [-0.05, 0) is 133 Å². The molecule has 0 radical (unpaired) electrons. The predicted octanol–water partition coefficient (Wildman–Crippen LogP) is 14.0. The van der Waals surface area contributed by atoms with Gasteiger partial charge in [0.1, 0.15) is 0 Å². The van der Waals surface area contributed by atoms with Crippen LogP contribution in [-0.4, -0.2) is 12.1 Å². The van der Waals surface area contributed by atoms with Gasteiger partial charge >= 0.3 is 12.1 Å². The molecule has 0 N–H and O–H groups in total. The lowest BCUT2D eigenvalue weighted by molar-refractivity contribution is -0.188. The van der Waals surface area contributed by atoms with Crippen LogP contribution in [0.15, 0.2) is 69.3 Å². The van der Waals surface area contributed by atoms with Crippen LogP contribution in [0.2, 0.25) is 0 Å². The minimum atomic E-state index is -5.14. The summed E-state index contributed by atoms with van der Waals surface area (Å²) >= 11 is 0. The first kappa shape index (κ1) is 41.7. The van der Waals surface area contributed by atoms with Crippen LogP contribution in [-0.2, 0) is 47.5 Å². The average molecular weight is 713 g/mol. The molecule has 3 aromatic carbocycles. The van der Waals surface area contributed by atoms with Gasteiger partial charge in [-0.25, -0.2) is 4.79 Å². The van der Waals surface area contributed by atoms with E-state index in [1.54, 1.807) is 0 Å². The van der Waals surface area contributed by atoms with Crippen molar-refractivity contribution in [2.24, 2.45) is 0 Å². The Kier molecular flexibility index (Phi) is 17.5. The summed E-state index contributed by atoms with van der Waals surface area (Å²) in [4.78, 5) is 15.9. The highest BCUT2D eigenvalue weighted by Gasteiger charge is 2.49. The number of alkyl halides is 3. The van der Waals surface area contributed by atoms with E-state index >= 15 is 0 Å². The van der Waals surface area contributed by atoms with E-state index in [0.29, 0.717) is 4.90 Å². The van der Waals surface area contributed by atoms with Crippen molar-refractivity contribution in [3.8, 4) is 0 Å². The molecule has 6 heteroatoms. The zero-order chi connectivity index (χ0) is 36.6. The molecule has 0 aliphatic heterocycles. The van der Waals surface area contributed by atoms with Gasteiger partial charge in [0.2, 0.25) is 0 Å². The number of halogens is 3. The van der Waals surface area contributed by atoms with Crippen LogP contribution < -0.4 is 0 Å². The van der Waals surface area contributed by atoms with Gasteiger partial charge in [0.15, 0.2) is 0 Å². The number of aryl methyl sites for hydroxylation is 6. The zero-order valence-electron chi connectivity index (χ0n) is 31.8. The van der Waals surface area contributed by atoms with Crippen molar-refractivity contribution in [2.75, 3.05) is 0 Å². The zero-order valence-corrected chi connectivity index (χ0v) is 32.6. The van der Waals surface area contributed by atoms with Crippen LogP contribution >= 0.6 is 10.3 Å². The van der Waals surface area contributed by atoms with Crippen LogP contribution in [0.5, 0.6) is 0 Å². The maximum Gasteiger partial charge on any atom is 0.491 e. The number of rotatable bonds is 22. The Balaban J connectivity index is 2.71. The lowest BCUT2D eigenvalue weighted by Gasteiger charge is -2.45. The number of unbranched alkanes of at least 4 members (excludes halogenated alkanes) is 6. The Morgan fingerprint density at radius 3 is 1.16 bits per heavy atom. The minimum Gasteiger partial charge on any atom is -0.395 e. The Morgan fingerprint density at radius 2 is 0.860 bits per heavy atom. The Morgan fingerprint density at radius 1 is 0.540 bits per heavy atom. The lowest BCUT2D eigenvalue weighted by Crippen LogP contribution is -2.29. The molecule has 0 fully saturated rings. The van der Waals surface area contributed by atoms with Crippen molar-refractivity contribution >= 4 is 16.3 Å². The van der Waals surface area contributed by atoms with Crippen molar-refractivity contribution in [1.82, 2.24) is 0 Å². The summed E-state index contributed by atoms with van der Waals surface area (Å²) in [6.45, 7) is 13.0. The van der Waals surface area contributed by atoms with Gasteiger partial charge in [0, 0.05) is 14.7 Å². The number of hydrogen-bond donors (Lipinski definition) is 0. The summed E-state index contributed by atoms with van der Waals surface area (Å²) in [6, 6.07) is 18.5. The smallest absolute Gasteiger partial charge is 0.395 e. The molecule has 0 heterocycles. The van der Waals surface area contributed by atoms with Crippen LogP contribution in [0.3, 0.4) is 0 Å². The highest BCUT2D eigenvalue weighted by Crippen LogP contribution is 2.73. The monoisotopic (exact) mass is 712 g/mol. The van der Waals surface area contributed by atoms with E-state index in [1.165, 1.54) is 11.1 Å². The average Bonchev–Trinajstić information content (AvgIpc) is 3.11. The van der Waals surface area contributed by atoms with E-state index in [9.17, 15) is 18.0 Å². The van der Waals surface area contributed by atoms with Crippen LogP contribution in [0.1, 0.15) is 152 Å². The molecule has 0 amide bonds. The summed E-state index contributed by atoms with van der Waals surface area (Å²) in [6.07, 6.45) is 11.2. The Bertz CT molecular complexity index is 1330. The van der Waals surface area contributed by atoms with Gasteiger partial charge in [0.25, 0.3) is 0 Å². The van der Waals surface area contributed by atoms with E-state index in [0.717, 1.165) is 148 Å². The van der Waals surface area contributed by atoms with E-state index in [-0.39, 0.29) is 0 Å². The lowest BCUT2D eigenvalue weighted by atomic mass is 9.96. The molecular weight excluding hydrogens is 650 g/mol. The molecule has 3 aromatic rings. The van der Waals surface area contributed by atoms with Crippen molar-refractivity contribution < 1.29 is 22.1 Å². The third-order valence-electron chi connectivity index (χ3n) is 9.52. The summed E-state index contributed by atoms with van der Waals surface area (Å²) < 4.78 is 50.5. The van der Waals surface area contributed by atoms with Crippen LogP contribution in [0.4, 0.5) is 13.2 Å². The van der Waals surface area contributed by atoms with Gasteiger partial charge in [-0.1, -0.05) is 123 Å². The third-order valence-corrected chi connectivity index (χ3v) is 13.1. The summed E-state index contributed by atoms with van der Waals surface area (Å²) in [5, 5.41) is 0. The van der Waals surface area contributed by atoms with Gasteiger partial charge < -0.3 is 4.18 Å². The van der Waals surface area contributed by atoms with Crippen molar-refractivity contribution in [3.05, 3.63) is 88.0 Å². The number of carbonyl (C=O) groups is 1. The van der Waals surface area contributed by atoms with Crippen molar-refractivity contribution in [1.29, 1.82) is 0 Å². The van der Waals surface area contributed by atoms with Gasteiger partial charge in [-0.15, -0.1) is 0 Å². The molecule has 278 valence electrons. The number of hydrogen-bond acceptors (Lipinski definition) is 2. The molecule has 0 saturated carbocycles. The molecule has 2 nitrogen and oxygen atoms in total. The largest absolute Gasteiger partial charge is 0.491 e. The fourth-order valence-electron chi connectivity index (χ4n) is 6.90. The van der Waals surface area contributed by atoms with Crippen LogP contribution in [0, 0.1) is 0 Å². The maximum absolute atomic E-state index is 14.7. The highest BCUT2D eigenvalue weighted by molar-refractivity contribution is 8.30. The SMILES string of the molecule is CCCCc1cc(CCCC)c(S(OC(=O)C(F)(F)F)(c2ccccc2)c2c(CCCC)cc(CCCC)cc2CCCC)c(CCCC)c1. The van der Waals surface area contributed by atoms with Crippen LogP contribution in [0.25, 0.3) is 0 Å². The molecule has 0 unspecified atom stereocenters. The number of benzene rings is 3. The first-order valence-corrected chi connectivity index (χ1v) is 21.1. The maximum atomic E-state index is 14.7. The molecule has 0 spiro atoms.